The maximum atomic E-state index is 5.71. The molecule has 0 radical (unpaired) electrons. The third-order valence-electron chi connectivity index (χ3n) is 2.31. The predicted molar refractivity (Wildman–Crippen MR) is 45.5 cm³/mol. The van der Waals surface area contributed by atoms with Crippen molar-refractivity contribution < 1.29 is 4.74 Å². The average Bonchev–Trinajstić information content (AvgIpc) is 2.05. The summed E-state index contributed by atoms with van der Waals surface area (Å²) in [7, 11) is 1.97. The van der Waals surface area contributed by atoms with Crippen molar-refractivity contribution in [2.75, 3.05) is 13.7 Å². The lowest BCUT2D eigenvalue weighted by Crippen LogP contribution is -2.44. The molecule has 3 nitrogen and oxygen atoms in total. The quantitative estimate of drug-likeness (QED) is 0.599. The van der Waals surface area contributed by atoms with E-state index >= 15 is 0 Å². The van der Waals surface area contributed by atoms with Crippen LogP contribution < -0.4 is 11.1 Å². The highest BCUT2D eigenvalue weighted by Gasteiger charge is 2.22. The van der Waals surface area contributed by atoms with Crippen LogP contribution in [-0.2, 0) is 4.74 Å². The molecule has 3 unspecified atom stereocenters. The van der Waals surface area contributed by atoms with Crippen LogP contribution >= 0.6 is 0 Å². The van der Waals surface area contributed by atoms with Gasteiger partial charge in [-0.3, -0.25) is 0 Å². The largest absolute Gasteiger partial charge is 0.375 e. The van der Waals surface area contributed by atoms with Gasteiger partial charge < -0.3 is 15.8 Å². The van der Waals surface area contributed by atoms with E-state index in [0.29, 0.717) is 6.04 Å². The summed E-state index contributed by atoms with van der Waals surface area (Å²) >= 11 is 0. The lowest BCUT2D eigenvalue weighted by molar-refractivity contribution is -0.0118. The zero-order valence-electron chi connectivity index (χ0n) is 7.34. The molecule has 0 aromatic rings. The van der Waals surface area contributed by atoms with E-state index in [0.717, 1.165) is 13.0 Å². The van der Waals surface area contributed by atoms with E-state index in [1.165, 1.54) is 6.42 Å². The van der Waals surface area contributed by atoms with Gasteiger partial charge >= 0.3 is 0 Å². The molecule has 0 aromatic heterocycles. The summed E-state index contributed by atoms with van der Waals surface area (Å²) in [5, 5.41) is 3.20. The van der Waals surface area contributed by atoms with E-state index in [4.69, 9.17) is 10.5 Å². The fourth-order valence-corrected chi connectivity index (χ4v) is 1.41. The molecule has 66 valence electrons. The van der Waals surface area contributed by atoms with Crippen molar-refractivity contribution >= 4 is 0 Å². The summed E-state index contributed by atoms with van der Waals surface area (Å²) in [5.41, 5.74) is 5.71. The van der Waals surface area contributed by atoms with Gasteiger partial charge in [0.2, 0.25) is 0 Å². The Morgan fingerprint density at radius 1 is 1.55 bits per heavy atom. The van der Waals surface area contributed by atoms with Crippen molar-refractivity contribution in [2.24, 2.45) is 5.73 Å². The zero-order chi connectivity index (χ0) is 8.27. The molecule has 0 aliphatic carbocycles. The van der Waals surface area contributed by atoms with Crippen LogP contribution in [0, 0.1) is 0 Å². The summed E-state index contributed by atoms with van der Waals surface area (Å²) in [4.78, 5) is 0. The normalized spacial score (nSPS) is 35.2. The molecular weight excluding hydrogens is 140 g/mol. The predicted octanol–water partition coefficient (Wildman–Crippen LogP) is 0.101. The summed E-state index contributed by atoms with van der Waals surface area (Å²) in [6, 6.07) is 0.706. The molecule has 1 aliphatic rings. The number of hydrogen-bond donors (Lipinski definition) is 2. The standard InChI is InChI=1S/C8H18N2O/c1-6(9)8-4-3-7(10-2)5-11-8/h6-8,10H,3-5,9H2,1-2H3. The van der Waals surface area contributed by atoms with Gasteiger partial charge in [0.25, 0.3) is 0 Å². The van der Waals surface area contributed by atoms with E-state index in [-0.39, 0.29) is 12.1 Å². The van der Waals surface area contributed by atoms with Gasteiger partial charge in [-0.15, -0.1) is 0 Å². The van der Waals surface area contributed by atoms with Gasteiger partial charge in [0.15, 0.2) is 0 Å². The number of rotatable bonds is 2. The second-order valence-corrected chi connectivity index (χ2v) is 3.29. The van der Waals surface area contributed by atoms with E-state index in [1.54, 1.807) is 0 Å². The molecule has 0 aromatic carbocycles. The maximum absolute atomic E-state index is 5.71. The first-order valence-corrected chi connectivity index (χ1v) is 4.28. The molecule has 11 heavy (non-hydrogen) atoms. The first-order chi connectivity index (χ1) is 5.24. The second-order valence-electron chi connectivity index (χ2n) is 3.29. The third kappa shape index (κ3) is 2.43. The summed E-state index contributed by atoms with van der Waals surface area (Å²) in [6.45, 7) is 2.81. The van der Waals surface area contributed by atoms with Gasteiger partial charge in [-0.1, -0.05) is 0 Å². The molecule has 1 saturated heterocycles. The van der Waals surface area contributed by atoms with Crippen LogP contribution in [0.2, 0.25) is 0 Å². The van der Waals surface area contributed by atoms with E-state index < -0.39 is 0 Å². The Labute approximate surface area is 68.3 Å². The molecule has 1 heterocycles. The number of ether oxygens (including phenoxy) is 1. The minimum atomic E-state index is 0.174. The number of hydrogen-bond acceptors (Lipinski definition) is 3. The second kappa shape index (κ2) is 4.04. The summed E-state index contributed by atoms with van der Waals surface area (Å²) in [6.07, 6.45) is 2.55. The van der Waals surface area contributed by atoms with Gasteiger partial charge in [-0.2, -0.15) is 0 Å². The zero-order valence-corrected chi connectivity index (χ0v) is 7.34. The van der Waals surface area contributed by atoms with Gasteiger partial charge in [0, 0.05) is 12.1 Å². The fourth-order valence-electron chi connectivity index (χ4n) is 1.41. The summed E-state index contributed by atoms with van der Waals surface area (Å²) in [5.74, 6) is 0. The lowest BCUT2D eigenvalue weighted by Gasteiger charge is -2.30. The smallest absolute Gasteiger partial charge is 0.0724 e. The monoisotopic (exact) mass is 158 g/mol. The topological polar surface area (TPSA) is 47.3 Å². The minimum Gasteiger partial charge on any atom is -0.375 e. The Morgan fingerprint density at radius 2 is 2.27 bits per heavy atom. The van der Waals surface area contributed by atoms with Crippen LogP contribution in [0.25, 0.3) is 0 Å². The Kier molecular flexibility index (Phi) is 3.30. The highest BCUT2D eigenvalue weighted by molar-refractivity contribution is 4.78. The van der Waals surface area contributed by atoms with Crippen molar-refractivity contribution in [1.29, 1.82) is 0 Å². The molecular formula is C8H18N2O. The molecule has 3 atom stereocenters. The molecule has 1 fully saturated rings. The fraction of sp³-hybridized carbons (Fsp3) is 1.00. The molecule has 0 bridgehead atoms. The Balaban J connectivity index is 2.24. The number of nitrogens with one attached hydrogen (secondary N) is 1. The Bertz CT molecular complexity index is 109. The van der Waals surface area contributed by atoms with E-state index in [1.807, 2.05) is 14.0 Å². The van der Waals surface area contributed by atoms with Crippen molar-refractivity contribution in [1.82, 2.24) is 5.32 Å². The van der Waals surface area contributed by atoms with Crippen LogP contribution in [0.4, 0.5) is 0 Å². The molecule has 0 spiro atoms. The van der Waals surface area contributed by atoms with Crippen LogP contribution in [-0.4, -0.2) is 31.8 Å². The van der Waals surface area contributed by atoms with Crippen molar-refractivity contribution in [3.63, 3.8) is 0 Å². The van der Waals surface area contributed by atoms with Crippen LogP contribution in [0.3, 0.4) is 0 Å². The number of nitrogens with two attached hydrogens (primary N) is 1. The first kappa shape index (κ1) is 8.97. The first-order valence-electron chi connectivity index (χ1n) is 4.28. The molecule has 0 saturated carbocycles. The SMILES string of the molecule is CNC1CCC(C(C)N)OC1. The molecule has 3 heteroatoms. The Hall–Kier alpha value is -0.120. The van der Waals surface area contributed by atoms with E-state index in [9.17, 15) is 0 Å². The van der Waals surface area contributed by atoms with Crippen molar-refractivity contribution in [3.05, 3.63) is 0 Å². The van der Waals surface area contributed by atoms with Gasteiger partial charge in [0.1, 0.15) is 0 Å². The number of likely N-dealkylation sites (N-methyl/N-ethyl adjacent to an activating group) is 1. The third-order valence-corrected chi connectivity index (χ3v) is 2.31. The van der Waals surface area contributed by atoms with Crippen LogP contribution in [0.15, 0.2) is 0 Å². The Morgan fingerprint density at radius 3 is 2.64 bits per heavy atom. The highest BCUT2D eigenvalue weighted by atomic mass is 16.5. The summed E-state index contributed by atoms with van der Waals surface area (Å²) < 4.78 is 5.56. The van der Waals surface area contributed by atoms with Gasteiger partial charge in [0.05, 0.1) is 12.7 Å². The lowest BCUT2D eigenvalue weighted by atomic mass is 10.0. The van der Waals surface area contributed by atoms with Crippen molar-refractivity contribution in [2.45, 2.75) is 38.0 Å². The average molecular weight is 158 g/mol. The molecule has 1 rings (SSSR count). The van der Waals surface area contributed by atoms with Gasteiger partial charge in [-0.05, 0) is 26.8 Å². The van der Waals surface area contributed by atoms with Gasteiger partial charge in [-0.25, -0.2) is 0 Å². The van der Waals surface area contributed by atoms with Crippen LogP contribution in [0.1, 0.15) is 19.8 Å². The van der Waals surface area contributed by atoms with Crippen LogP contribution in [0.5, 0.6) is 0 Å². The molecule has 0 amide bonds. The van der Waals surface area contributed by atoms with Crippen molar-refractivity contribution in [3.8, 4) is 0 Å². The molecule has 3 N–H and O–H groups in total. The maximum Gasteiger partial charge on any atom is 0.0724 e. The minimum absolute atomic E-state index is 0.174. The van der Waals surface area contributed by atoms with E-state index in [2.05, 4.69) is 5.32 Å². The molecule has 1 aliphatic heterocycles. The highest BCUT2D eigenvalue weighted by Crippen LogP contribution is 2.14.